The van der Waals surface area contributed by atoms with Gasteiger partial charge in [0.2, 0.25) is 5.76 Å². The predicted octanol–water partition coefficient (Wildman–Crippen LogP) is 4.02. The quantitative estimate of drug-likeness (QED) is 0.791. The fourth-order valence-corrected chi connectivity index (χ4v) is 2.14. The molecular weight excluding hydrogens is 278 g/mol. The number of halogens is 2. The first-order valence-corrected chi connectivity index (χ1v) is 6.39. The molecule has 0 aliphatic carbocycles. The molecule has 2 N–H and O–H groups in total. The third kappa shape index (κ3) is 2.40. The Bertz CT molecular complexity index is 773. The molecule has 0 atom stereocenters. The average molecular weight is 290 g/mol. The first-order chi connectivity index (χ1) is 10.1. The summed E-state index contributed by atoms with van der Waals surface area (Å²) >= 11 is 0. The highest BCUT2D eigenvalue weighted by atomic mass is 19.1. The van der Waals surface area contributed by atoms with Crippen LogP contribution in [0.5, 0.6) is 0 Å². The summed E-state index contributed by atoms with van der Waals surface area (Å²) in [5.74, 6) is 0.0594. The van der Waals surface area contributed by atoms with Crippen molar-refractivity contribution < 1.29 is 17.7 Å². The van der Waals surface area contributed by atoms with Crippen molar-refractivity contribution in [2.45, 2.75) is 13.3 Å². The Kier molecular flexibility index (Phi) is 3.21. The molecule has 0 aliphatic rings. The maximum Gasteiger partial charge on any atom is 0.212 e. The maximum absolute atomic E-state index is 13.4. The molecule has 2 aromatic heterocycles. The van der Waals surface area contributed by atoms with Gasteiger partial charge in [-0.25, -0.2) is 8.78 Å². The van der Waals surface area contributed by atoms with Crippen molar-refractivity contribution in [3.63, 3.8) is 0 Å². The number of aryl methyl sites for hydroxylation is 1. The van der Waals surface area contributed by atoms with E-state index in [1.807, 2.05) is 6.92 Å². The molecule has 4 nitrogen and oxygen atoms in total. The van der Waals surface area contributed by atoms with E-state index in [1.165, 1.54) is 12.1 Å². The third-order valence-corrected chi connectivity index (χ3v) is 3.10. The zero-order chi connectivity index (χ0) is 15.0. The van der Waals surface area contributed by atoms with Gasteiger partial charge < -0.3 is 14.7 Å². The molecule has 1 aromatic carbocycles. The third-order valence-electron chi connectivity index (χ3n) is 3.10. The lowest BCUT2D eigenvalue weighted by Gasteiger charge is -2.02. The topological polar surface area (TPSA) is 65.2 Å². The van der Waals surface area contributed by atoms with Crippen molar-refractivity contribution in [2.24, 2.45) is 0 Å². The molecular formula is C15H12F2N2O2. The second-order valence-electron chi connectivity index (χ2n) is 4.55. The van der Waals surface area contributed by atoms with Crippen molar-refractivity contribution in [1.82, 2.24) is 5.16 Å². The van der Waals surface area contributed by atoms with Gasteiger partial charge >= 0.3 is 0 Å². The summed E-state index contributed by atoms with van der Waals surface area (Å²) in [4.78, 5) is 0. The van der Waals surface area contributed by atoms with E-state index in [0.717, 1.165) is 11.8 Å². The fraction of sp³-hybridized carbons (Fsp3) is 0.133. The minimum atomic E-state index is -0.703. The second-order valence-corrected chi connectivity index (χ2v) is 4.55. The number of nitrogens with zero attached hydrogens (tertiary/aromatic N) is 1. The predicted molar refractivity (Wildman–Crippen MR) is 73.3 cm³/mol. The van der Waals surface area contributed by atoms with Gasteiger partial charge in [0.15, 0.2) is 11.6 Å². The Morgan fingerprint density at radius 2 is 1.86 bits per heavy atom. The number of anilines is 1. The molecule has 0 fully saturated rings. The molecule has 108 valence electrons. The van der Waals surface area contributed by atoms with Crippen LogP contribution in [0.1, 0.15) is 12.7 Å². The van der Waals surface area contributed by atoms with Gasteiger partial charge in [-0.2, -0.15) is 0 Å². The number of hydrogen-bond acceptors (Lipinski definition) is 4. The highest BCUT2D eigenvalue weighted by Gasteiger charge is 2.21. The van der Waals surface area contributed by atoms with E-state index in [4.69, 9.17) is 14.7 Å². The summed E-state index contributed by atoms with van der Waals surface area (Å²) in [5.41, 5.74) is 6.32. The minimum absolute atomic E-state index is 0.0458. The van der Waals surface area contributed by atoms with Crippen molar-refractivity contribution in [3.8, 4) is 22.6 Å². The second kappa shape index (κ2) is 5.05. The fourth-order valence-electron chi connectivity index (χ4n) is 2.14. The smallest absolute Gasteiger partial charge is 0.212 e. The van der Waals surface area contributed by atoms with Crippen LogP contribution in [0.25, 0.3) is 22.6 Å². The Labute approximate surface area is 119 Å². The van der Waals surface area contributed by atoms with Crippen molar-refractivity contribution in [1.29, 1.82) is 0 Å². The van der Waals surface area contributed by atoms with E-state index in [0.29, 0.717) is 17.7 Å². The largest absolute Gasteiger partial charge is 0.458 e. The first kappa shape index (κ1) is 13.4. The van der Waals surface area contributed by atoms with Gasteiger partial charge in [-0.1, -0.05) is 12.1 Å². The van der Waals surface area contributed by atoms with Crippen LogP contribution in [-0.2, 0) is 6.42 Å². The molecule has 0 amide bonds. The molecule has 0 unspecified atom stereocenters. The van der Waals surface area contributed by atoms with Gasteiger partial charge in [-0.3, -0.25) is 0 Å². The van der Waals surface area contributed by atoms with Crippen molar-refractivity contribution in [2.75, 3.05) is 5.73 Å². The average Bonchev–Trinajstić information content (AvgIpc) is 3.03. The lowest BCUT2D eigenvalue weighted by molar-refractivity contribution is 0.416. The summed E-state index contributed by atoms with van der Waals surface area (Å²) in [6.45, 7) is 1.94. The normalized spacial score (nSPS) is 11.0. The summed E-state index contributed by atoms with van der Waals surface area (Å²) in [5, 5.41) is 3.66. The molecule has 6 heteroatoms. The highest BCUT2D eigenvalue weighted by Crippen LogP contribution is 2.37. The van der Waals surface area contributed by atoms with Gasteiger partial charge in [-0.05, 0) is 29.8 Å². The molecule has 0 aliphatic heterocycles. The molecule has 3 rings (SSSR count). The summed E-state index contributed by atoms with van der Waals surface area (Å²) in [6, 6.07) is 6.62. The zero-order valence-electron chi connectivity index (χ0n) is 11.2. The van der Waals surface area contributed by atoms with Gasteiger partial charge in [-0.15, -0.1) is 0 Å². The lowest BCUT2D eigenvalue weighted by Crippen LogP contribution is -1.90. The molecule has 0 bridgehead atoms. The number of nitrogens with two attached hydrogens (primary N) is 1. The van der Waals surface area contributed by atoms with Crippen LogP contribution in [0.4, 0.5) is 14.6 Å². The van der Waals surface area contributed by atoms with Gasteiger partial charge in [0.25, 0.3) is 0 Å². The number of rotatable bonds is 3. The highest BCUT2D eigenvalue weighted by molar-refractivity contribution is 5.85. The molecule has 21 heavy (non-hydrogen) atoms. The van der Waals surface area contributed by atoms with Crippen molar-refractivity contribution >= 4 is 5.82 Å². The Balaban J connectivity index is 2.16. The summed E-state index contributed by atoms with van der Waals surface area (Å²) < 4.78 is 37.5. The summed E-state index contributed by atoms with van der Waals surface area (Å²) in [7, 11) is 0. The SMILES string of the molecule is CCc1ccc(-c2onc(N)c2-c2cc(F)cc(F)c2)o1. The number of furan rings is 1. The van der Waals surface area contributed by atoms with E-state index >= 15 is 0 Å². The number of nitrogen functional groups attached to an aromatic ring is 1. The first-order valence-electron chi connectivity index (χ1n) is 6.39. The zero-order valence-corrected chi connectivity index (χ0v) is 11.2. The Hall–Kier alpha value is -2.63. The number of hydrogen-bond donors (Lipinski definition) is 1. The molecule has 0 spiro atoms. The van der Waals surface area contributed by atoms with Gasteiger partial charge in [0.05, 0.1) is 5.56 Å². The van der Waals surface area contributed by atoms with Crippen molar-refractivity contribution in [3.05, 3.63) is 47.7 Å². The minimum Gasteiger partial charge on any atom is -0.458 e. The molecule has 3 aromatic rings. The van der Waals surface area contributed by atoms with Gasteiger partial charge in [0.1, 0.15) is 17.4 Å². The van der Waals surface area contributed by atoms with E-state index in [-0.39, 0.29) is 17.1 Å². The molecule has 0 saturated heterocycles. The molecule has 0 saturated carbocycles. The van der Waals surface area contributed by atoms with Crippen LogP contribution in [0.15, 0.2) is 39.3 Å². The standard InChI is InChI=1S/C15H12F2N2O2/c1-2-11-3-4-12(20-11)14-13(15(18)19-21-14)8-5-9(16)7-10(17)6-8/h3-7H,2H2,1H3,(H2,18,19). The Morgan fingerprint density at radius 1 is 1.14 bits per heavy atom. The summed E-state index contributed by atoms with van der Waals surface area (Å²) in [6.07, 6.45) is 0.716. The van der Waals surface area contributed by atoms with Gasteiger partial charge in [0, 0.05) is 12.5 Å². The van der Waals surface area contributed by atoms with Crippen LogP contribution in [-0.4, -0.2) is 5.16 Å². The maximum atomic E-state index is 13.4. The van der Waals surface area contributed by atoms with Crippen LogP contribution < -0.4 is 5.73 Å². The van der Waals surface area contributed by atoms with E-state index in [2.05, 4.69) is 5.16 Å². The van der Waals surface area contributed by atoms with Crippen LogP contribution in [0.3, 0.4) is 0 Å². The van der Waals surface area contributed by atoms with E-state index in [9.17, 15) is 8.78 Å². The van der Waals surface area contributed by atoms with Crippen LogP contribution in [0.2, 0.25) is 0 Å². The number of aromatic nitrogens is 1. The Morgan fingerprint density at radius 3 is 2.48 bits per heavy atom. The monoisotopic (exact) mass is 290 g/mol. The van der Waals surface area contributed by atoms with Crippen LogP contribution in [0, 0.1) is 11.6 Å². The van der Waals surface area contributed by atoms with E-state index in [1.54, 1.807) is 12.1 Å². The number of benzene rings is 1. The van der Waals surface area contributed by atoms with Crippen LogP contribution >= 0.6 is 0 Å². The molecule has 0 radical (unpaired) electrons. The lowest BCUT2D eigenvalue weighted by atomic mass is 10.0. The van der Waals surface area contributed by atoms with E-state index < -0.39 is 11.6 Å². The molecule has 2 heterocycles.